The lowest BCUT2D eigenvalue weighted by Crippen LogP contribution is -2.41. The molecule has 92 valence electrons. The maximum Gasteiger partial charge on any atom is 0.123 e. The van der Waals surface area contributed by atoms with Crippen LogP contribution in [0.3, 0.4) is 0 Å². The molecular weight excluding hydrogens is 215 g/mol. The number of amidine groups is 1. The van der Waals surface area contributed by atoms with Crippen LogP contribution in [0.2, 0.25) is 0 Å². The summed E-state index contributed by atoms with van der Waals surface area (Å²) in [5, 5.41) is 8.31. The van der Waals surface area contributed by atoms with E-state index in [2.05, 4.69) is 4.90 Å². The molecule has 1 aliphatic rings. The molecule has 3 heteroatoms. The first-order chi connectivity index (χ1) is 8.01. The highest BCUT2D eigenvalue weighted by Gasteiger charge is 2.31. The van der Waals surface area contributed by atoms with Gasteiger partial charge < -0.3 is 4.90 Å². The Hall–Kier alpha value is -1.38. The van der Waals surface area contributed by atoms with Gasteiger partial charge in [0.05, 0.1) is 0 Å². The fourth-order valence-corrected chi connectivity index (χ4v) is 2.34. The summed E-state index contributed by atoms with van der Waals surface area (Å²) in [6, 6.07) is 6.49. The van der Waals surface area contributed by atoms with Crippen molar-refractivity contribution in [2.45, 2.75) is 32.1 Å². The van der Waals surface area contributed by atoms with Crippen LogP contribution in [-0.4, -0.2) is 23.8 Å². The lowest BCUT2D eigenvalue weighted by atomic mass is 9.83. The summed E-state index contributed by atoms with van der Waals surface area (Å²) in [4.78, 5) is 2.13. The minimum atomic E-state index is -0.349. The van der Waals surface area contributed by atoms with Crippen LogP contribution < -0.4 is 0 Å². The zero-order valence-corrected chi connectivity index (χ0v) is 10.5. The van der Waals surface area contributed by atoms with E-state index < -0.39 is 0 Å². The smallest absolute Gasteiger partial charge is 0.123 e. The molecule has 0 amide bonds. The monoisotopic (exact) mass is 234 g/mol. The minimum Gasteiger partial charge on any atom is -0.360 e. The van der Waals surface area contributed by atoms with Crippen LogP contribution in [0.15, 0.2) is 24.3 Å². The number of nitrogens with zero attached hydrogens (tertiary/aromatic N) is 1. The average molecular weight is 234 g/mol. The molecule has 17 heavy (non-hydrogen) atoms. The Morgan fingerprint density at radius 3 is 2.24 bits per heavy atom. The summed E-state index contributed by atoms with van der Waals surface area (Å²) in [5.74, 6) is 0.416. The summed E-state index contributed by atoms with van der Waals surface area (Å²) in [6.07, 6.45) is 2.34. The van der Waals surface area contributed by atoms with Crippen molar-refractivity contribution < 1.29 is 4.39 Å². The van der Waals surface area contributed by atoms with E-state index in [1.165, 1.54) is 25.0 Å². The van der Waals surface area contributed by atoms with Crippen LogP contribution >= 0.6 is 0 Å². The first-order valence-electron chi connectivity index (χ1n) is 6.12. The molecule has 0 spiro atoms. The molecule has 0 atom stereocenters. The molecule has 2 rings (SSSR count). The van der Waals surface area contributed by atoms with Crippen LogP contribution in [0.4, 0.5) is 4.39 Å². The van der Waals surface area contributed by atoms with Crippen LogP contribution in [0.1, 0.15) is 32.3 Å². The zero-order chi connectivity index (χ0) is 12.5. The number of rotatable bonds is 2. The Morgan fingerprint density at radius 1 is 1.18 bits per heavy atom. The maximum absolute atomic E-state index is 12.9. The minimum absolute atomic E-state index is 0.225. The molecule has 0 aromatic heterocycles. The van der Waals surface area contributed by atoms with E-state index in [1.807, 2.05) is 13.8 Å². The Bertz CT molecular complexity index is 403. The van der Waals surface area contributed by atoms with Gasteiger partial charge >= 0.3 is 0 Å². The molecular formula is C14H19FN2. The Morgan fingerprint density at radius 2 is 1.71 bits per heavy atom. The summed E-state index contributed by atoms with van der Waals surface area (Å²) < 4.78 is 12.9. The van der Waals surface area contributed by atoms with Crippen molar-refractivity contribution in [1.82, 2.24) is 4.90 Å². The molecule has 0 saturated carbocycles. The predicted octanol–water partition coefficient (Wildman–Crippen LogP) is 3.18. The van der Waals surface area contributed by atoms with Gasteiger partial charge in [0.15, 0.2) is 0 Å². The first kappa shape index (κ1) is 12.1. The SMILES string of the molecule is CC(C)(C(=N)N1CCCC1)c1ccc(F)cc1. The van der Waals surface area contributed by atoms with Crippen LogP contribution in [0.5, 0.6) is 0 Å². The standard InChI is InChI=1S/C14H19FN2/c1-14(2,11-5-7-12(15)8-6-11)13(16)17-9-3-4-10-17/h5-8,16H,3-4,9-10H2,1-2H3. The fraction of sp³-hybridized carbons (Fsp3) is 0.500. The molecule has 2 nitrogen and oxygen atoms in total. The molecule has 0 radical (unpaired) electrons. The summed E-state index contributed by atoms with van der Waals surface area (Å²) >= 11 is 0. The molecule has 1 heterocycles. The number of benzene rings is 1. The number of nitrogens with one attached hydrogen (secondary N) is 1. The van der Waals surface area contributed by atoms with Crippen molar-refractivity contribution in [2.75, 3.05) is 13.1 Å². The van der Waals surface area contributed by atoms with Crippen molar-refractivity contribution in [1.29, 1.82) is 5.41 Å². The quantitative estimate of drug-likeness (QED) is 0.617. The molecule has 1 N–H and O–H groups in total. The fourth-order valence-electron chi connectivity index (χ4n) is 2.34. The van der Waals surface area contributed by atoms with Crippen molar-refractivity contribution in [3.63, 3.8) is 0 Å². The van der Waals surface area contributed by atoms with E-state index >= 15 is 0 Å². The van der Waals surface area contributed by atoms with Crippen molar-refractivity contribution in [2.24, 2.45) is 0 Å². The van der Waals surface area contributed by atoms with Gasteiger partial charge in [-0.2, -0.15) is 0 Å². The third kappa shape index (κ3) is 2.33. The number of likely N-dealkylation sites (tertiary alicyclic amines) is 1. The molecule has 0 aliphatic carbocycles. The van der Waals surface area contributed by atoms with Gasteiger partial charge in [-0.1, -0.05) is 12.1 Å². The van der Waals surface area contributed by atoms with Crippen LogP contribution in [-0.2, 0) is 5.41 Å². The van der Waals surface area contributed by atoms with Crippen molar-refractivity contribution in [3.8, 4) is 0 Å². The molecule has 1 fully saturated rings. The molecule has 1 aromatic carbocycles. The summed E-state index contributed by atoms with van der Waals surface area (Å²) in [7, 11) is 0. The topological polar surface area (TPSA) is 27.1 Å². The van der Waals surface area contributed by atoms with E-state index in [0.717, 1.165) is 18.7 Å². The van der Waals surface area contributed by atoms with Crippen LogP contribution in [0, 0.1) is 11.2 Å². The third-order valence-corrected chi connectivity index (χ3v) is 3.58. The number of hydrogen-bond acceptors (Lipinski definition) is 1. The van der Waals surface area contributed by atoms with Gasteiger partial charge in [0, 0.05) is 18.5 Å². The third-order valence-electron chi connectivity index (χ3n) is 3.58. The van der Waals surface area contributed by atoms with Gasteiger partial charge in [-0.25, -0.2) is 4.39 Å². The van der Waals surface area contributed by atoms with Gasteiger partial charge in [-0.3, -0.25) is 5.41 Å². The summed E-state index contributed by atoms with van der Waals surface area (Å²) in [6.45, 7) is 6.01. The van der Waals surface area contributed by atoms with Gasteiger partial charge in [0.25, 0.3) is 0 Å². The Kier molecular flexibility index (Phi) is 3.18. The van der Waals surface area contributed by atoms with E-state index in [-0.39, 0.29) is 11.2 Å². The van der Waals surface area contributed by atoms with E-state index in [9.17, 15) is 4.39 Å². The van der Waals surface area contributed by atoms with Crippen molar-refractivity contribution in [3.05, 3.63) is 35.6 Å². The second-order valence-electron chi connectivity index (χ2n) is 5.17. The van der Waals surface area contributed by atoms with Gasteiger partial charge in [-0.15, -0.1) is 0 Å². The largest absolute Gasteiger partial charge is 0.360 e. The Balaban J connectivity index is 2.22. The second-order valence-corrected chi connectivity index (χ2v) is 5.17. The maximum atomic E-state index is 12.9. The lowest BCUT2D eigenvalue weighted by Gasteiger charge is -2.32. The molecule has 1 aliphatic heterocycles. The Labute approximate surface area is 102 Å². The number of hydrogen-bond donors (Lipinski definition) is 1. The lowest BCUT2D eigenvalue weighted by molar-refractivity contribution is 0.463. The normalized spacial score (nSPS) is 16.3. The molecule has 0 unspecified atom stereocenters. The van der Waals surface area contributed by atoms with E-state index in [0.29, 0.717) is 5.84 Å². The van der Waals surface area contributed by atoms with E-state index in [4.69, 9.17) is 5.41 Å². The predicted molar refractivity (Wildman–Crippen MR) is 68.0 cm³/mol. The van der Waals surface area contributed by atoms with E-state index in [1.54, 1.807) is 12.1 Å². The zero-order valence-electron chi connectivity index (χ0n) is 10.5. The highest BCUT2D eigenvalue weighted by Crippen LogP contribution is 2.27. The average Bonchev–Trinajstić information content (AvgIpc) is 2.82. The highest BCUT2D eigenvalue weighted by molar-refractivity contribution is 5.90. The summed E-state index contributed by atoms with van der Waals surface area (Å²) in [5.41, 5.74) is 0.647. The molecule has 1 saturated heterocycles. The first-order valence-corrected chi connectivity index (χ1v) is 6.12. The van der Waals surface area contributed by atoms with Gasteiger partial charge in [0.1, 0.15) is 11.7 Å². The highest BCUT2D eigenvalue weighted by atomic mass is 19.1. The van der Waals surface area contributed by atoms with Gasteiger partial charge in [-0.05, 0) is 44.4 Å². The van der Waals surface area contributed by atoms with Crippen molar-refractivity contribution >= 4 is 5.84 Å². The molecule has 1 aromatic rings. The van der Waals surface area contributed by atoms with Crippen LogP contribution in [0.25, 0.3) is 0 Å². The van der Waals surface area contributed by atoms with Gasteiger partial charge in [0.2, 0.25) is 0 Å². The second kappa shape index (κ2) is 4.47. The number of halogens is 1. The molecule has 0 bridgehead atoms.